The lowest BCUT2D eigenvalue weighted by Gasteiger charge is -2.26. The van der Waals surface area contributed by atoms with Crippen molar-refractivity contribution in [1.82, 2.24) is 4.40 Å². The molecule has 8 aromatic carbocycles. The van der Waals surface area contributed by atoms with Gasteiger partial charge in [0.2, 0.25) is 0 Å². The van der Waals surface area contributed by atoms with Gasteiger partial charge in [-0.25, -0.2) is 0 Å². The molecule has 52 heavy (non-hydrogen) atoms. The lowest BCUT2D eigenvalue weighted by atomic mass is 9.98. The van der Waals surface area contributed by atoms with Gasteiger partial charge >= 0.3 is 0 Å². The van der Waals surface area contributed by atoms with Crippen molar-refractivity contribution in [2.75, 3.05) is 4.90 Å². The highest BCUT2D eigenvalue weighted by atomic mass is 15.1. The van der Waals surface area contributed by atoms with E-state index < -0.39 is 0 Å². The average Bonchev–Trinajstić information content (AvgIpc) is 3.58. The molecule has 0 aliphatic carbocycles. The molecule has 0 aliphatic heterocycles. The highest BCUT2D eigenvalue weighted by Crippen LogP contribution is 2.45. The minimum absolute atomic E-state index is 1.10. The Morgan fingerprint density at radius 3 is 1.31 bits per heavy atom. The van der Waals surface area contributed by atoms with Crippen LogP contribution in [-0.4, -0.2) is 4.40 Å². The molecular weight excluding hydrogens is 629 g/mol. The molecule has 10 aromatic rings. The third kappa shape index (κ3) is 4.96. The van der Waals surface area contributed by atoms with E-state index in [1.165, 1.54) is 71.5 Å². The second-order valence-corrected chi connectivity index (χ2v) is 13.4. The van der Waals surface area contributed by atoms with E-state index >= 15 is 0 Å². The molecule has 0 N–H and O–H groups in total. The summed E-state index contributed by atoms with van der Waals surface area (Å²) in [6.07, 6.45) is 0. The summed E-state index contributed by atoms with van der Waals surface area (Å²) in [4.78, 5) is 2.38. The van der Waals surface area contributed by atoms with Gasteiger partial charge in [-0.1, -0.05) is 164 Å². The van der Waals surface area contributed by atoms with Gasteiger partial charge in [0.15, 0.2) is 0 Å². The summed E-state index contributed by atoms with van der Waals surface area (Å²) < 4.78 is 2.49. The first kappa shape index (κ1) is 30.0. The summed E-state index contributed by atoms with van der Waals surface area (Å²) in [6, 6.07) is 74.6. The van der Waals surface area contributed by atoms with Gasteiger partial charge in [-0.3, -0.25) is 0 Å². The Morgan fingerprint density at radius 2 is 0.731 bits per heavy atom. The normalized spacial score (nSPS) is 11.5. The number of hydrogen-bond acceptors (Lipinski definition) is 1. The second-order valence-electron chi connectivity index (χ2n) is 13.4. The van der Waals surface area contributed by atoms with Gasteiger partial charge in [-0.15, -0.1) is 0 Å². The van der Waals surface area contributed by atoms with Crippen LogP contribution in [0.2, 0.25) is 0 Å². The predicted molar refractivity (Wildman–Crippen MR) is 221 cm³/mol. The van der Waals surface area contributed by atoms with Crippen LogP contribution in [0.5, 0.6) is 0 Å². The minimum atomic E-state index is 1.10. The molecule has 0 bridgehead atoms. The highest BCUT2D eigenvalue weighted by molar-refractivity contribution is 6.22. The number of rotatable bonds is 6. The number of pyridine rings is 1. The van der Waals surface area contributed by atoms with Crippen LogP contribution >= 0.6 is 0 Å². The van der Waals surface area contributed by atoms with Crippen LogP contribution in [0.15, 0.2) is 206 Å². The first-order valence-corrected chi connectivity index (χ1v) is 17.9. The number of fused-ring (bicyclic) bond motifs is 8. The van der Waals surface area contributed by atoms with Crippen LogP contribution < -0.4 is 4.90 Å². The summed E-state index contributed by atoms with van der Waals surface area (Å²) in [5.41, 5.74) is 14.2. The van der Waals surface area contributed by atoms with Crippen LogP contribution in [0.3, 0.4) is 0 Å². The van der Waals surface area contributed by atoms with E-state index in [4.69, 9.17) is 0 Å². The van der Waals surface area contributed by atoms with E-state index in [-0.39, 0.29) is 0 Å². The first-order chi connectivity index (χ1) is 25.8. The molecule has 0 atom stereocenters. The molecule has 0 saturated carbocycles. The Hall–Kier alpha value is -6.90. The number of anilines is 3. The van der Waals surface area contributed by atoms with Crippen molar-refractivity contribution in [3.05, 3.63) is 206 Å². The summed E-state index contributed by atoms with van der Waals surface area (Å²) in [5.74, 6) is 0. The average molecular weight is 663 g/mol. The number of para-hydroxylation sites is 1. The number of benzene rings is 8. The van der Waals surface area contributed by atoms with Crippen molar-refractivity contribution in [1.29, 1.82) is 0 Å². The fourth-order valence-corrected chi connectivity index (χ4v) is 7.95. The topological polar surface area (TPSA) is 7.65 Å². The molecule has 2 heterocycles. The number of aromatic nitrogens is 1. The second kappa shape index (κ2) is 12.5. The predicted octanol–water partition coefficient (Wildman–Crippen LogP) is 13.9. The van der Waals surface area contributed by atoms with Crippen molar-refractivity contribution in [3.63, 3.8) is 0 Å². The maximum Gasteiger partial charge on any atom is 0.0626 e. The standard InChI is InChI=1S/C50H34N2/c1-4-14-35(15-5-1)37-24-28-40(29-25-37)51(41-30-26-38(27-31-41)36-16-6-2-7-17-36)42-32-33-46-48(34-42)52-47-23-13-12-21-44(47)43-20-10-11-22-45(43)50(52)49(46)39-18-8-3-9-19-39/h1-34H. The fraction of sp³-hybridized carbons (Fsp3) is 0. The summed E-state index contributed by atoms with van der Waals surface area (Å²) >= 11 is 0. The molecule has 2 heteroatoms. The Bertz CT molecular complexity index is 2770. The number of hydrogen-bond donors (Lipinski definition) is 0. The zero-order chi connectivity index (χ0) is 34.4. The van der Waals surface area contributed by atoms with Gasteiger partial charge in [0.25, 0.3) is 0 Å². The molecule has 0 fully saturated rings. The lowest BCUT2D eigenvalue weighted by molar-refractivity contribution is 1.28. The van der Waals surface area contributed by atoms with E-state index in [1.54, 1.807) is 0 Å². The maximum atomic E-state index is 2.49. The quantitative estimate of drug-likeness (QED) is 0.161. The Morgan fingerprint density at radius 1 is 0.288 bits per heavy atom. The molecule has 10 rings (SSSR count). The van der Waals surface area contributed by atoms with Gasteiger partial charge in [-0.2, -0.15) is 0 Å². The monoisotopic (exact) mass is 662 g/mol. The highest BCUT2D eigenvalue weighted by Gasteiger charge is 2.21. The van der Waals surface area contributed by atoms with Gasteiger partial charge in [0.1, 0.15) is 0 Å². The SMILES string of the molecule is c1ccc(-c2ccc(N(c3ccc(-c4ccccc4)cc3)c3ccc4c(-c5ccccc5)c5c6ccccc6c6ccccc6n5c4c3)cc2)cc1. The van der Waals surface area contributed by atoms with Crippen LogP contribution in [0.1, 0.15) is 0 Å². The van der Waals surface area contributed by atoms with Gasteiger partial charge in [-0.05, 0) is 75.7 Å². The van der Waals surface area contributed by atoms with Crippen LogP contribution in [0.4, 0.5) is 17.1 Å². The minimum Gasteiger partial charge on any atom is -0.310 e. The Balaban J connectivity index is 1.23. The summed E-state index contributed by atoms with van der Waals surface area (Å²) in [6.45, 7) is 0. The van der Waals surface area contributed by atoms with E-state index in [0.29, 0.717) is 0 Å². The molecule has 0 radical (unpaired) electrons. The first-order valence-electron chi connectivity index (χ1n) is 17.9. The van der Waals surface area contributed by atoms with E-state index in [9.17, 15) is 0 Å². The largest absolute Gasteiger partial charge is 0.310 e. The molecule has 0 saturated heterocycles. The fourth-order valence-electron chi connectivity index (χ4n) is 7.95. The van der Waals surface area contributed by atoms with E-state index in [1.807, 2.05) is 0 Å². The number of nitrogens with zero attached hydrogens (tertiary/aromatic N) is 2. The van der Waals surface area contributed by atoms with Gasteiger partial charge < -0.3 is 9.30 Å². The van der Waals surface area contributed by atoms with Crippen molar-refractivity contribution < 1.29 is 0 Å². The van der Waals surface area contributed by atoms with Crippen molar-refractivity contribution in [3.8, 4) is 33.4 Å². The third-order valence-corrected chi connectivity index (χ3v) is 10.4. The Kier molecular flexibility index (Phi) is 7.18. The van der Waals surface area contributed by atoms with E-state index in [2.05, 4.69) is 216 Å². The van der Waals surface area contributed by atoms with Gasteiger partial charge in [0, 0.05) is 38.8 Å². The smallest absolute Gasteiger partial charge is 0.0626 e. The zero-order valence-corrected chi connectivity index (χ0v) is 28.5. The molecule has 0 unspecified atom stereocenters. The van der Waals surface area contributed by atoms with Crippen molar-refractivity contribution >= 4 is 55.2 Å². The van der Waals surface area contributed by atoms with Crippen LogP contribution in [0, 0.1) is 0 Å². The summed E-state index contributed by atoms with van der Waals surface area (Å²) in [5, 5.41) is 5.00. The molecular formula is C50H34N2. The van der Waals surface area contributed by atoms with Crippen molar-refractivity contribution in [2.24, 2.45) is 0 Å². The zero-order valence-electron chi connectivity index (χ0n) is 28.5. The van der Waals surface area contributed by atoms with E-state index in [0.717, 1.165) is 17.1 Å². The van der Waals surface area contributed by atoms with Crippen molar-refractivity contribution in [2.45, 2.75) is 0 Å². The molecule has 0 spiro atoms. The maximum absolute atomic E-state index is 2.49. The molecule has 2 aromatic heterocycles. The Labute approximate surface area is 303 Å². The lowest BCUT2D eigenvalue weighted by Crippen LogP contribution is -2.10. The van der Waals surface area contributed by atoms with Gasteiger partial charge in [0.05, 0.1) is 16.6 Å². The molecule has 0 amide bonds. The third-order valence-electron chi connectivity index (χ3n) is 10.4. The van der Waals surface area contributed by atoms with Crippen LogP contribution in [0.25, 0.3) is 71.5 Å². The molecule has 2 nitrogen and oxygen atoms in total. The molecule has 244 valence electrons. The molecule has 0 aliphatic rings. The summed E-state index contributed by atoms with van der Waals surface area (Å²) in [7, 11) is 0. The van der Waals surface area contributed by atoms with Crippen LogP contribution in [-0.2, 0) is 0 Å².